The maximum atomic E-state index is 12.5. The fraction of sp³-hybridized carbons (Fsp3) is 0.143. The SMILES string of the molecule is CN(c1ccncc1N)S(=O)(=O)c1ccc(CC#N)cc1. The zero-order chi connectivity index (χ0) is 15.5. The Kier molecular flexibility index (Phi) is 4.10. The summed E-state index contributed by atoms with van der Waals surface area (Å²) in [4.78, 5) is 3.98. The van der Waals surface area contributed by atoms with E-state index in [0.29, 0.717) is 5.69 Å². The van der Waals surface area contributed by atoms with Crippen LogP contribution in [0.15, 0.2) is 47.6 Å². The highest BCUT2D eigenvalue weighted by atomic mass is 32.2. The number of anilines is 2. The van der Waals surface area contributed by atoms with E-state index in [0.717, 1.165) is 9.87 Å². The predicted molar refractivity (Wildman–Crippen MR) is 80.0 cm³/mol. The molecule has 0 aliphatic carbocycles. The topological polar surface area (TPSA) is 100 Å². The number of nitriles is 1. The van der Waals surface area contributed by atoms with Crippen molar-refractivity contribution in [2.24, 2.45) is 0 Å². The second-order valence-corrected chi connectivity index (χ2v) is 6.36. The first-order valence-electron chi connectivity index (χ1n) is 6.11. The van der Waals surface area contributed by atoms with Crippen LogP contribution in [0.4, 0.5) is 11.4 Å². The van der Waals surface area contributed by atoms with E-state index in [1.165, 1.54) is 37.6 Å². The minimum Gasteiger partial charge on any atom is -0.396 e. The van der Waals surface area contributed by atoms with Gasteiger partial charge in [0.15, 0.2) is 0 Å². The molecule has 6 nitrogen and oxygen atoms in total. The van der Waals surface area contributed by atoms with Crippen LogP contribution in [0.5, 0.6) is 0 Å². The average Bonchev–Trinajstić information content (AvgIpc) is 2.48. The molecule has 0 saturated heterocycles. The summed E-state index contributed by atoms with van der Waals surface area (Å²) in [6, 6.07) is 9.77. The molecule has 1 aromatic carbocycles. The number of hydrogen-bond donors (Lipinski definition) is 1. The predicted octanol–water partition coefficient (Wildman–Crippen LogP) is 1.55. The number of aromatic nitrogens is 1. The second-order valence-electron chi connectivity index (χ2n) is 4.39. The van der Waals surface area contributed by atoms with Gasteiger partial charge in [0.1, 0.15) is 0 Å². The van der Waals surface area contributed by atoms with Gasteiger partial charge in [-0.2, -0.15) is 5.26 Å². The molecule has 1 aromatic heterocycles. The monoisotopic (exact) mass is 302 g/mol. The molecule has 0 amide bonds. The highest BCUT2D eigenvalue weighted by Crippen LogP contribution is 2.26. The van der Waals surface area contributed by atoms with Crippen LogP contribution in [-0.2, 0) is 16.4 Å². The Morgan fingerprint density at radius 2 is 1.95 bits per heavy atom. The van der Waals surface area contributed by atoms with Gasteiger partial charge >= 0.3 is 0 Å². The lowest BCUT2D eigenvalue weighted by Gasteiger charge is -2.20. The molecular weight excluding hydrogens is 288 g/mol. The lowest BCUT2D eigenvalue weighted by atomic mass is 10.2. The van der Waals surface area contributed by atoms with Gasteiger partial charge in [-0.3, -0.25) is 9.29 Å². The molecule has 0 fully saturated rings. The molecule has 0 unspecified atom stereocenters. The molecule has 21 heavy (non-hydrogen) atoms. The van der Waals surface area contributed by atoms with Crippen molar-refractivity contribution >= 4 is 21.4 Å². The summed E-state index contributed by atoms with van der Waals surface area (Å²) in [5, 5.41) is 8.62. The average molecular weight is 302 g/mol. The normalized spacial score (nSPS) is 10.9. The van der Waals surface area contributed by atoms with Gasteiger partial charge in [0.2, 0.25) is 0 Å². The first kappa shape index (κ1) is 14.8. The third-order valence-corrected chi connectivity index (χ3v) is 4.82. The third kappa shape index (κ3) is 2.95. The number of rotatable bonds is 4. The Bertz CT molecular complexity index is 779. The van der Waals surface area contributed by atoms with Gasteiger partial charge in [-0.15, -0.1) is 0 Å². The fourth-order valence-electron chi connectivity index (χ4n) is 1.84. The molecule has 2 N–H and O–H groups in total. The number of pyridine rings is 1. The number of nitrogens with zero attached hydrogens (tertiary/aromatic N) is 3. The van der Waals surface area contributed by atoms with Crippen molar-refractivity contribution in [1.29, 1.82) is 5.26 Å². The molecule has 2 rings (SSSR count). The number of benzene rings is 1. The van der Waals surface area contributed by atoms with E-state index in [4.69, 9.17) is 11.0 Å². The standard InChI is InChI=1S/C14H14N4O2S/c1-18(14-7-9-17-10-13(14)16)21(19,20)12-4-2-11(3-5-12)6-8-15/h2-5,7,9-10H,6,16H2,1H3. The van der Waals surface area contributed by atoms with E-state index in [2.05, 4.69) is 4.98 Å². The van der Waals surface area contributed by atoms with Crippen LogP contribution < -0.4 is 10.0 Å². The van der Waals surface area contributed by atoms with Gasteiger partial charge in [0.05, 0.1) is 35.0 Å². The maximum absolute atomic E-state index is 12.5. The van der Waals surface area contributed by atoms with Crippen molar-refractivity contribution in [2.75, 3.05) is 17.1 Å². The Labute approximate surface area is 123 Å². The molecule has 2 aromatic rings. The molecule has 108 valence electrons. The molecule has 0 spiro atoms. The zero-order valence-electron chi connectivity index (χ0n) is 11.4. The molecular formula is C14H14N4O2S. The third-order valence-electron chi connectivity index (χ3n) is 3.03. The largest absolute Gasteiger partial charge is 0.396 e. The summed E-state index contributed by atoms with van der Waals surface area (Å²) in [5.74, 6) is 0. The lowest BCUT2D eigenvalue weighted by Crippen LogP contribution is -2.27. The molecule has 0 bridgehead atoms. The molecule has 1 heterocycles. The van der Waals surface area contributed by atoms with Crippen LogP contribution >= 0.6 is 0 Å². The molecule has 0 saturated carbocycles. The summed E-state index contributed by atoms with van der Waals surface area (Å²) < 4.78 is 26.2. The Morgan fingerprint density at radius 1 is 1.29 bits per heavy atom. The van der Waals surface area contributed by atoms with Crippen molar-refractivity contribution in [1.82, 2.24) is 4.98 Å². The van der Waals surface area contributed by atoms with E-state index in [1.54, 1.807) is 12.1 Å². The summed E-state index contributed by atoms with van der Waals surface area (Å²) in [6.07, 6.45) is 3.12. The molecule has 0 atom stereocenters. The van der Waals surface area contributed by atoms with Gasteiger partial charge in [0, 0.05) is 13.2 Å². The van der Waals surface area contributed by atoms with E-state index in [-0.39, 0.29) is 17.0 Å². The maximum Gasteiger partial charge on any atom is 0.264 e. The van der Waals surface area contributed by atoms with Crippen molar-refractivity contribution in [3.63, 3.8) is 0 Å². The van der Waals surface area contributed by atoms with Gasteiger partial charge in [0.25, 0.3) is 10.0 Å². The zero-order valence-corrected chi connectivity index (χ0v) is 12.2. The van der Waals surface area contributed by atoms with Crippen molar-refractivity contribution in [3.8, 4) is 6.07 Å². The minimum absolute atomic E-state index is 0.142. The molecule has 0 radical (unpaired) electrons. The van der Waals surface area contributed by atoms with Crippen LogP contribution in [0.3, 0.4) is 0 Å². The molecule has 0 aliphatic heterocycles. The van der Waals surface area contributed by atoms with E-state index < -0.39 is 10.0 Å². The quantitative estimate of drug-likeness (QED) is 0.923. The van der Waals surface area contributed by atoms with Crippen LogP contribution in [0.2, 0.25) is 0 Å². The van der Waals surface area contributed by atoms with Gasteiger partial charge in [-0.25, -0.2) is 8.42 Å². The van der Waals surface area contributed by atoms with Gasteiger partial charge in [-0.1, -0.05) is 12.1 Å². The summed E-state index contributed by atoms with van der Waals surface area (Å²) in [7, 11) is -2.27. The molecule has 7 heteroatoms. The number of nitrogen functional groups attached to an aromatic ring is 1. The van der Waals surface area contributed by atoms with Gasteiger partial charge in [-0.05, 0) is 23.8 Å². The number of hydrogen-bond acceptors (Lipinski definition) is 5. The summed E-state index contributed by atoms with van der Waals surface area (Å²) in [5.41, 5.74) is 7.17. The Balaban J connectivity index is 2.38. The molecule has 0 aliphatic rings. The van der Waals surface area contributed by atoms with E-state index in [9.17, 15) is 8.42 Å². The summed E-state index contributed by atoms with van der Waals surface area (Å²) in [6.45, 7) is 0. The number of sulfonamides is 1. The highest BCUT2D eigenvalue weighted by molar-refractivity contribution is 7.92. The lowest BCUT2D eigenvalue weighted by molar-refractivity contribution is 0.594. The van der Waals surface area contributed by atoms with Crippen molar-refractivity contribution < 1.29 is 8.42 Å². The van der Waals surface area contributed by atoms with Crippen LogP contribution in [0.25, 0.3) is 0 Å². The first-order chi connectivity index (χ1) is 9.96. The first-order valence-corrected chi connectivity index (χ1v) is 7.55. The van der Waals surface area contributed by atoms with Crippen molar-refractivity contribution in [3.05, 3.63) is 48.3 Å². The number of nitrogens with two attached hydrogens (primary N) is 1. The second kappa shape index (κ2) is 5.81. The van der Waals surface area contributed by atoms with Crippen LogP contribution in [-0.4, -0.2) is 20.4 Å². The smallest absolute Gasteiger partial charge is 0.264 e. The Hall–Kier alpha value is -2.59. The summed E-state index contributed by atoms with van der Waals surface area (Å²) >= 11 is 0. The Morgan fingerprint density at radius 3 is 2.52 bits per heavy atom. The fourth-order valence-corrected chi connectivity index (χ4v) is 3.07. The minimum atomic E-state index is -3.70. The van der Waals surface area contributed by atoms with Crippen LogP contribution in [0.1, 0.15) is 5.56 Å². The van der Waals surface area contributed by atoms with E-state index >= 15 is 0 Å². The van der Waals surface area contributed by atoms with Crippen LogP contribution in [0, 0.1) is 11.3 Å². The van der Waals surface area contributed by atoms with E-state index in [1.807, 2.05) is 6.07 Å². The highest BCUT2D eigenvalue weighted by Gasteiger charge is 2.22. The van der Waals surface area contributed by atoms with Crippen molar-refractivity contribution in [2.45, 2.75) is 11.3 Å². The van der Waals surface area contributed by atoms with Gasteiger partial charge < -0.3 is 5.73 Å².